The van der Waals surface area contributed by atoms with Gasteiger partial charge in [0.15, 0.2) is 11.9 Å². The second-order valence-electron chi connectivity index (χ2n) is 8.10. The van der Waals surface area contributed by atoms with Gasteiger partial charge in [0.25, 0.3) is 0 Å². The van der Waals surface area contributed by atoms with Gasteiger partial charge in [-0.3, -0.25) is 4.79 Å². The van der Waals surface area contributed by atoms with E-state index in [0.717, 1.165) is 22.6 Å². The molecule has 0 unspecified atom stereocenters. The number of aromatic nitrogens is 3. The summed E-state index contributed by atoms with van der Waals surface area (Å²) in [5.74, 6) is 0.758. The molecule has 174 valence electrons. The molecule has 1 aliphatic rings. The highest BCUT2D eigenvalue weighted by Gasteiger charge is 2.32. The van der Waals surface area contributed by atoms with Crippen molar-refractivity contribution in [2.24, 2.45) is 0 Å². The first-order valence-electron chi connectivity index (χ1n) is 10.7. The highest BCUT2D eigenvalue weighted by molar-refractivity contribution is 7.89. The van der Waals surface area contributed by atoms with Crippen LogP contribution >= 0.6 is 23.2 Å². The molecule has 0 saturated carbocycles. The molecule has 0 atom stereocenters. The molecule has 3 heterocycles. The Morgan fingerprint density at radius 1 is 1.00 bits per heavy atom. The van der Waals surface area contributed by atoms with Crippen molar-refractivity contribution in [3.8, 4) is 11.4 Å². The zero-order valence-electron chi connectivity index (χ0n) is 17.9. The normalized spacial score (nSPS) is 15.6. The lowest BCUT2D eigenvalue weighted by Gasteiger charge is -2.32. The van der Waals surface area contributed by atoms with E-state index in [0.29, 0.717) is 37.2 Å². The molecule has 0 aliphatic carbocycles. The summed E-state index contributed by atoms with van der Waals surface area (Å²) >= 11 is 12.3. The summed E-state index contributed by atoms with van der Waals surface area (Å²) in [5.41, 5.74) is 2.67. The van der Waals surface area contributed by atoms with E-state index in [9.17, 15) is 13.2 Å². The van der Waals surface area contributed by atoms with Crippen molar-refractivity contribution in [1.29, 1.82) is 0 Å². The van der Waals surface area contributed by atoms with Crippen LogP contribution in [0.4, 0.5) is 0 Å². The summed E-state index contributed by atoms with van der Waals surface area (Å²) in [6.07, 6.45) is 3.52. The fourth-order valence-electron chi connectivity index (χ4n) is 4.36. The molecule has 2 aromatic carbocycles. The van der Waals surface area contributed by atoms with Crippen molar-refractivity contribution in [3.05, 3.63) is 76.4 Å². The number of fused-ring (bicyclic) bond motifs is 1. The molecule has 2 aromatic heterocycles. The van der Waals surface area contributed by atoms with Crippen LogP contribution in [0.2, 0.25) is 10.0 Å². The van der Waals surface area contributed by atoms with Gasteiger partial charge in [0.1, 0.15) is 11.3 Å². The minimum atomic E-state index is -3.74. The summed E-state index contributed by atoms with van der Waals surface area (Å²) in [6.45, 7) is 0.670. The lowest BCUT2D eigenvalue weighted by Crippen LogP contribution is -2.39. The Hall–Kier alpha value is -2.78. The van der Waals surface area contributed by atoms with Crippen molar-refractivity contribution in [1.82, 2.24) is 18.8 Å². The first-order chi connectivity index (χ1) is 16.4. The molecule has 4 aromatic rings. The van der Waals surface area contributed by atoms with E-state index in [-0.39, 0.29) is 21.5 Å². The van der Waals surface area contributed by atoms with Crippen molar-refractivity contribution in [2.45, 2.75) is 23.8 Å². The first-order valence-corrected chi connectivity index (χ1v) is 12.9. The average Bonchev–Trinajstić information content (AvgIpc) is 3.24. The van der Waals surface area contributed by atoms with Gasteiger partial charge >= 0.3 is 0 Å². The van der Waals surface area contributed by atoms with Crippen molar-refractivity contribution < 1.29 is 13.2 Å². The number of carbonyl (C=O) groups excluding carboxylic acids is 1. The SMILES string of the molecule is O=Cc1ccc(S(=O)(=O)N2CCC(n3c(-c4cccc(Cl)c4)nc4cccnc43)CC2)cc1Cl. The maximum absolute atomic E-state index is 13.2. The van der Waals surface area contributed by atoms with Crippen LogP contribution in [0.3, 0.4) is 0 Å². The molecule has 1 fully saturated rings. The summed E-state index contributed by atoms with van der Waals surface area (Å²) in [6, 6.07) is 15.5. The molecule has 1 aliphatic heterocycles. The van der Waals surface area contributed by atoms with E-state index in [1.54, 1.807) is 6.20 Å². The van der Waals surface area contributed by atoms with Crippen molar-refractivity contribution in [2.75, 3.05) is 13.1 Å². The summed E-state index contributed by atoms with van der Waals surface area (Å²) < 4.78 is 30.0. The van der Waals surface area contributed by atoms with Crippen LogP contribution < -0.4 is 0 Å². The van der Waals surface area contributed by atoms with Crippen LogP contribution in [-0.4, -0.2) is 46.6 Å². The number of sulfonamides is 1. The van der Waals surface area contributed by atoms with Gasteiger partial charge in [-0.25, -0.2) is 18.4 Å². The molecular weight excluding hydrogens is 495 g/mol. The van der Waals surface area contributed by atoms with Gasteiger partial charge in [-0.05, 0) is 55.3 Å². The predicted octanol–water partition coefficient (Wildman–Crippen LogP) is 5.24. The number of benzene rings is 2. The Morgan fingerprint density at radius 2 is 1.79 bits per heavy atom. The molecule has 0 bridgehead atoms. The number of halogens is 2. The summed E-state index contributed by atoms with van der Waals surface area (Å²) in [7, 11) is -3.74. The highest BCUT2D eigenvalue weighted by atomic mass is 35.5. The predicted molar refractivity (Wildman–Crippen MR) is 132 cm³/mol. The molecule has 0 spiro atoms. The van der Waals surface area contributed by atoms with Gasteiger partial charge < -0.3 is 4.57 Å². The zero-order chi connectivity index (χ0) is 23.9. The molecule has 10 heteroatoms. The molecular formula is C24H20Cl2N4O3S. The first kappa shape index (κ1) is 23.0. The van der Waals surface area contributed by atoms with E-state index < -0.39 is 10.0 Å². The van der Waals surface area contributed by atoms with Gasteiger partial charge in [-0.1, -0.05) is 35.3 Å². The van der Waals surface area contributed by atoms with E-state index in [2.05, 4.69) is 9.55 Å². The third-order valence-electron chi connectivity index (χ3n) is 6.06. The number of pyridine rings is 1. The number of rotatable bonds is 5. The van der Waals surface area contributed by atoms with Crippen molar-refractivity contribution >= 4 is 50.7 Å². The summed E-state index contributed by atoms with van der Waals surface area (Å²) in [5, 5.41) is 0.734. The topological polar surface area (TPSA) is 85.2 Å². The minimum Gasteiger partial charge on any atom is -0.305 e. The van der Waals surface area contributed by atoms with Gasteiger partial charge in [0.05, 0.1) is 9.92 Å². The fourth-order valence-corrected chi connectivity index (χ4v) is 6.34. The number of piperidine rings is 1. The van der Waals surface area contributed by atoms with E-state index in [1.807, 2.05) is 36.4 Å². The number of hydrogen-bond acceptors (Lipinski definition) is 5. The average molecular weight is 515 g/mol. The molecule has 1 saturated heterocycles. The molecule has 7 nitrogen and oxygen atoms in total. The van der Waals surface area contributed by atoms with Gasteiger partial charge in [0, 0.05) is 41.5 Å². The van der Waals surface area contributed by atoms with Crippen molar-refractivity contribution in [3.63, 3.8) is 0 Å². The molecule has 0 radical (unpaired) electrons. The highest BCUT2D eigenvalue weighted by Crippen LogP contribution is 2.35. The molecule has 34 heavy (non-hydrogen) atoms. The Labute approximate surface area is 207 Å². The largest absolute Gasteiger partial charge is 0.305 e. The third kappa shape index (κ3) is 4.11. The van der Waals surface area contributed by atoms with Crippen LogP contribution in [0.5, 0.6) is 0 Å². The van der Waals surface area contributed by atoms with Gasteiger partial charge in [-0.15, -0.1) is 0 Å². The molecule has 5 rings (SSSR count). The van der Waals surface area contributed by atoms with E-state index >= 15 is 0 Å². The monoisotopic (exact) mass is 514 g/mol. The number of aldehydes is 1. The maximum atomic E-state index is 13.2. The Morgan fingerprint density at radius 3 is 2.50 bits per heavy atom. The Kier molecular flexibility index (Phi) is 6.16. The maximum Gasteiger partial charge on any atom is 0.243 e. The standard InChI is InChI=1S/C24H20Cl2N4O3S/c25-18-4-1-3-16(13-18)23-28-22-5-2-10-27-24(22)30(23)19-8-11-29(12-9-19)34(32,33)20-7-6-17(15-31)21(26)14-20/h1-7,10,13-15,19H,8-9,11-12H2. The summed E-state index contributed by atoms with van der Waals surface area (Å²) in [4.78, 5) is 20.5. The third-order valence-corrected chi connectivity index (χ3v) is 8.51. The van der Waals surface area contributed by atoms with Crippen LogP contribution in [0, 0.1) is 0 Å². The Balaban J connectivity index is 1.45. The second kappa shape index (κ2) is 9.11. The van der Waals surface area contributed by atoms with E-state index in [4.69, 9.17) is 28.2 Å². The zero-order valence-corrected chi connectivity index (χ0v) is 20.3. The second-order valence-corrected chi connectivity index (χ2v) is 10.9. The number of hydrogen-bond donors (Lipinski definition) is 0. The van der Waals surface area contributed by atoms with Gasteiger partial charge in [0.2, 0.25) is 10.0 Å². The number of imidazole rings is 1. The number of nitrogens with zero attached hydrogens (tertiary/aromatic N) is 4. The molecule has 0 N–H and O–H groups in total. The lowest BCUT2D eigenvalue weighted by atomic mass is 10.1. The van der Waals surface area contributed by atoms with Crippen LogP contribution in [0.1, 0.15) is 29.2 Å². The quantitative estimate of drug-likeness (QED) is 0.339. The smallest absolute Gasteiger partial charge is 0.243 e. The fraction of sp³-hybridized carbons (Fsp3) is 0.208. The minimum absolute atomic E-state index is 0.0151. The molecule has 0 amide bonds. The van der Waals surface area contributed by atoms with Gasteiger partial charge in [-0.2, -0.15) is 4.31 Å². The van der Waals surface area contributed by atoms with E-state index in [1.165, 1.54) is 22.5 Å². The van der Waals surface area contributed by atoms with Crippen LogP contribution in [0.15, 0.2) is 65.7 Å². The number of carbonyl (C=O) groups is 1. The van der Waals surface area contributed by atoms with Crippen LogP contribution in [-0.2, 0) is 10.0 Å². The lowest BCUT2D eigenvalue weighted by molar-refractivity contribution is 0.112. The Bertz CT molecular complexity index is 1500. The van der Waals surface area contributed by atoms with Crippen LogP contribution in [0.25, 0.3) is 22.6 Å².